The summed E-state index contributed by atoms with van der Waals surface area (Å²) in [6.07, 6.45) is -5.62. The van der Waals surface area contributed by atoms with Gasteiger partial charge in [0.2, 0.25) is 5.91 Å². The highest BCUT2D eigenvalue weighted by molar-refractivity contribution is 8.15. The Morgan fingerprint density at radius 3 is 2.47 bits per heavy atom. The van der Waals surface area contributed by atoms with Crippen molar-refractivity contribution in [3.05, 3.63) is 17.0 Å². The molecule has 0 saturated heterocycles. The fraction of sp³-hybridized carbons (Fsp3) is 0.444. The van der Waals surface area contributed by atoms with E-state index < -0.39 is 34.1 Å². The van der Waals surface area contributed by atoms with Gasteiger partial charge in [-0.2, -0.15) is 13.2 Å². The van der Waals surface area contributed by atoms with E-state index in [0.29, 0.717) is 4.88 Å². The fourth-order valence-electron chi connectivity index (χ4n) is 1.15. The van der Waals surface area contributed by atoms with Crippen molar-refractivity contribution in [1.82, 2.24) is 5.32 Å². The topological polar surface area (TPSA) is 63.2 Å². The Kier molecular flexibility index (Phi) is 5.22. The molecule has 108 valence electrons. The standard InChI is InChI=1S/C9H9ClF3NO3S2/c10-19(16,17)8-2-1-6(18-8)5-7(15)14-4-3-9(11,12)13/h1-2H,3-5H2,(H,14,15). The molecule has 0 aliphatic carbocycles. The average molecular weight is 336 g/mol. The first-order chi connectivity index (χ1) is 8.58. The van der Waals surface area contributed by atoms with Gasteiger partial charge in [-0.3, -0.25) is 4.79 Å². The summed E-state index contributed by atoms with van der Waals surface area (Å²) >= 11 is 0.804. The molecule has 10 heteroatoms. The van der Waals surface area contributed by atoms with Crippen LogP contribution in [0.25, 0.3) is 0 Å². The van der Waals surface area contributed by atoms with E-state index in [9.17, 15) is 26.4 Å². The molecule has 0 aromatic carbocycles. The highest BCUT2D eigenvalue weighted by atomic mass is 35.7. The summed E-state index contributed by atoms with van der Waals surface area (Å²) in [4.78, 5) is 11.7. The second-order valence-corrected chi connectivity index (χ2v) is 7.51. The van der Waals surface area contributed by atoms with Gasteiger partial charge in [-0.25, -0.2) is 8.42 Å². The summed E-state index contributed by atoms with van der Waals surface area (Å²) in [6, 6.07) is 2.63. The van der Waals surface area contributed by atoms with E-state index in [1.165, 1.54) is 12.1 Å². The van der Waals surface area contributed by atoms with Crippen LogP contribution in [-0.4, -0.2) is 27.0 Å². The minimum absolute atomic E-state index is 0.104. The maximum atomic E-state index is 11.8. The molecule has 4 nitrogen and oxygen atoms in total. The average Bonchev–Trinajstić information content (AvgIpc) is 2.63. The number of hydrogen-bond acceptors (Lipinski definition) is 4. The molecule has 0 atom stereocenters. The number of nitrogens with one attached hydrogen (secondary N) is 1. The number of hydrogen-bond donors (Lipinski definition) is 1. The smallest absolute Gasteiger partial charge is 0.355 e. The third-order valence-electron chi connectivity index (χ3n) is 1.94. The molecule has 1 heterocycles. The summed E-state index contributed by atoms with van der Waals surface area (Å²) in [5, 5.41) is 2.10. The van der Waals surface area contributed by atoms with Crippen LogP contribution in [0.2, 0.25) is 0 Å². The number of thiophene rings is 1. The Labute approximate surface area is 116 Å². The van der Waals surface area contributed by atoms with Crippen molar-refractivity contribution in [3.8, 4) is 0 Å². The van der Waals surface area contributed by atoms with Crippen molar-refractivity contribution in [2.24, 2.45) is 0 Å². The lowest BCUT2D eigenvalue weighted by atomic mass is 10.3. The van der Waals surface area contributed by atoms with Gasteiger partial charge in [0.05, 0.1) is 12.8 Å². The van der Waals surface area contributed by atoms with E-state index in [-0.39, 0.29) is 10.6 Å². The van der Waals surface area contributed by atoms with Gasteiger partial charge in [0.15, 0.2) is 0 Å². The van der Waals surface area contributed by atoms with E-state index in [1.54, 1.807) is 0 Å². The second-order valence-electron chi connectivity index (χ2n) is 3.55. The van der Waals surface area contributed by atoms with Crippen LogP contribution in [0.5, 0.6) is 0 Å². The molecule has 1 rings (SSSR count). The van der Waals surface area contributed by atoms with Crippen LogP contribution in [0.15, 0.2) is 16.3 Å². The molecular formula is C9H9ClF3NO3S2. The zero-order valence-electron chi connectivity index (χ0n) is 9.33. The molecule has 0 aliphatic heterocycles. The monoisotopic (exact) mass is 335 g/mol. The van der Waals surface area contributed by atoms with E-state index in [2.05, 4.69) is 5.32 Å². The van der Waals surface area contributed by atoms with Crippen molar-refractivity contribution >= 4 is 37.0 Å². The summed E-state index contributed by atoms with van der Waals surface area (Å²) in [7, 11) is 1.26. The predicted molar refractivity (Wildman–Crippen MR) is 64.7 cm³/mol. The molecule has 0 saturated carbocycles. The molecule has 1 aromatic heterocycles. The van der Waals surface area contributed by atoms with Gasteiger partial charge < -0.3 is 5.32 Å². The lowest BCUT2D eigenvalue weighted by molar-refractivity contribution is -0.135. The van der Waals surface area contributed by atoms with Gasteiger partial charge in [-0.1, -0.05) is 0 Å². The summed E-state index contributed by atoms with van der Waals surface area (Å²) < 4.78 is 57.3. The normalized spacial score (nSPS) is 12.4. The van der Waals surface area contributed by atoms with Crippen LogP contribution < -0.4 is 5.32 Å². The van der Waals surface area contributed by atoms with Crippen LogP contribution >= 0.6 is 22.0 Å². The van der Waals surface area contributed by atoms with Gasteiger partial charge in [0.1, 0.15) is 4.21 Å². The predicted octanol–water partition coefficient (Wildman–Crippen LogP) is 2.29. The molecule has 0 bridgehead atoms. The molecule has 1 aromatic rings. The third-order valence-corrected chi connectivity index (χ3v) is 5.12. The Balaban J connectivity index is 2.47. The van der Waals surface area contributed by atoms with Crippen LogP contribution in [0.4, 0.5) is 13.2 Å². The van der Waals surface area contributed by atoms with Crippen LogP contribution in [0, 0.1) is 0 Å². The van der Waals surface area contributed by atoms with Crippen molar-refractivity contribution in [2.75, 3.05) is 6.54 Å². The molecule has 0 unspecified atom stereocenters. The number of carbonyl (C=O) groups excluding carboxylic acids is 1. The Bertz CT molecular complexity index is 553. The zero-order chi connectivity index (χ0) is 14.7. The van der Waals surface area contributed by atoms with Gasteiger partial charge in [0, 0.05) is 22.1 Å². The van der Waals surface area contributed by atoms with Crippen molar-refractivity contribution in [2.45, 2.75) is 23.2 Å². The van der Waals surface area contributed by atoms with Gasteiger partial charge in [-0.15, -0.1) is 11.3 Å². The number of carbonyl (C=O) groups is 1. The van der Waals surface area contributed by atoms with Crippen molar-refractivity contribution < 1.29 is 26.4 Å². The number of halogens is 4. The maximum absolute atomic E-state index is 11.8. The van der Waals surface area contributed by atoms with Gasteiger partial charge in [0.25, 0.3) is 9.05 Å². The lowest BCUT2D eigenvalue weighted by Crippen LogP contribution is -2.28. The second kappa shape index (κ2) is 6.10. The zero-order valence-corrected chi connectivity index (χ0v) is 11.7. The quantitative estimate of drug-likeness (QED) is 0.840. The van der Waals surface area contributed by atoms with Crippen LogP contribution in [0.3, 0.4) is 0 Å². The Hall–Kier alpha value is -0.800. The number of rotatable bonds is 5. The van der Waals surface area contributed by atoms with E-state index in [4.69, 9.17) is 10.7 Å². The van der Waals surface area contributed by atoms with Crippen molar-refractivity contribution in [1.29, 1.82) is 0 Å². The highest BCUT2D eigenvalue weighted by Gasteiger charge is 2.26. The molecule has 19 heavy (non-hydrogen) atoms. The van der Waals surface area contributed by atoms with Gasteiger partial charge in [-0.05, 0) is 12.1 Å². The molecule has 0 radical (unpaired) electrons. The first-order valence-electron chi connectivity index (χ1n) is 4.95. The van der Waals surface area contributed by atoms with Gasteiger partial charge >= 0.3 is 6.18 Å². The minimum atomic E-state index is -4.32. The minimum Gasteiger partial charge on any atom is -0.355 e. The van der Waals surface area contributed by atoms with Crippen LogP contribution in [-0.2, 0) is 20.3 Å². The number of alkyl halides is 3. The first-order valence-corrected chi connectivity index (χ1v) is 8.07. The highest BCUT2D eigenvalue weighted by Crippen LogP contribution is 2.25. The van der Waals surface area contributed by atoms with E-state index in [1.807, 2.05) is 0 Å². The largest absolute Gasteiger partial charge is 0.390 e. The summed E-state index contributed by atoms with van der Waals surface area (Å²) in [5.74, 6) is -0.607. The van der Waals surface area contributed by atoms with Crippen molar-refractivity contribution in [3.63, 3.8) is 0 Å². The molecule has 1 N–H and O–H groups in total. The Morgan fingerprint density at radius 1 is 1.37 bits per heavy atom. The Morgan fingerprint density at radius 2 is 2.00 bits per heavy atom. The van der Waals surface area contributed by atoms with Crippen LogP contribution in [0.1, 0.15) is 11.3 Å². The fourth-order valence-corrected chi connectivity index (χ4v) is 3.27. The summed E-state index contributed by atoms with van der Waals surface area (Å²) in [6.45, 7) is -0.506. The molecular weight excluding hydrogens is 327 g/mol. The number of amides is 1. The molecule has 0 spiro atoms. The molecule has 1 amide bonds. The summed E-state index contributed by atoms with van der Waals surface area (Å²) in [5.41, 5.74) is 0. The third kappa shape index (κ3) is 6.26. The maximum Gasteiger partial charge on any atom is 0.390 e. The van der Waals surface area contributed by atoms with E-state index in [0.717, 1.165) is 11.3 Å². The molecule has 0 aliphatic rings. The van der Waals surface area contributed by atoms with E-state index >= 15 is 0 Å². The SMILES string of the molecule is O=C(Cc1ccc(S(=O)(=O)Cl)s1)NCCC(F)(F)F. The molecule has 0 fully saturated rings. The lowest BCUT2D eigenvalue weighted by Gasteiger charge is -2.07. The first kappa shape index (κ1) is 16.3.